The summed E-state index contributed by atoms with van der Waals surface area (Å²) in [5, 5.41) is 0. The molecule has 1 amide bonds. The third kappa shape index (κ3) is 5.32. The van der Waals surface area contributed by atoms with E-state index >= 15 is 0 Å². The Balaban J connectivity index is 1.29. The lowest BCUT2D eigenvalue weighted by Crippen LogP contribution is -2.38. The van der Waals surface area contributed by atoms with Crippen molar-refractivity contribution in [1.29, 1.82) is 0 Å². The van der Waals surface area contributed by atoms with Gasteiger partial charge in [0, 0.05) is 43.2 Å². The number of nitrogens with zero attached hydrogens (tertiary/aromatic N) is 2. The van der Waals surface area contributed by atoms with Crippen LogP contribution in [0.4, 0.5) is 4.39 Å². The first kappa shape index (κ1) is 20.3. The minimum absolute atomic E-state index is 0.184. The molecule has 0 radical (unpaired) electrons. The number of amides is 1. The number of pyridine rings is 1. The molecule has 2 aromatic carbocycles. The summed E-state index contributed by atoms with van der Waals surface area (Å²) in [6.45, 7) is 1.55. The molecule has 0 N–H and O–H groups in total. The van der Waals surface area contributed by atoms with E-state index in [1.54, 1.807) is 12.1 Å². The highest BCUT2D eigenvalue weighted by molar-refractivity contribution is 5.76. The highest BCUT2D eigenvalue weighted by Crippen LogP contribution is 2.27. The predicted octanol–water partition coefficient (Wildman–Crippen LogP) is 5.15. The number of aromatic nitrogens is 1. The number of hydrogen-bond donors (Lipinski definition) is 0. The fourth-order valence-electron chi connectivity index (χ4n) is 4.11. The van der Waals surface area contributed by atoms with Crippen LogP contribution in [0.25, 0.3) is 0 Å². The minimum atomic E-state index is -0.242. The van der Waals surface area contributed by atoms with E-state index in [4.69, 9.17) is 4.98 Å². The molecular formula is C26H27FN2O. The molecule has 1 saturated heterocycles. The van der Waals surface area contributed by atoms with Crippen molar-refractivity contribution in [1.82, 2.24) is 9.88 Å². The molecule has 4 rings (SSSR count). The number of likely N-dealkylation sites (tertiary alicyclic amines) is 1. The molecule has 1 aliphatic heterocycles. The molecule has 0 saturated carbocycles. The van der Waals surface area contributed by atoms with Crippen LogP contribution in [-0.4, -0.2) is 28.9 Å². The fourth-order valence-corrected chi connectivity index (χ4v) is 4.11. The fraction of sp³-hybridized carbons (Fsp3) is 0.308. The van der Waals surface area contributed by atoms with E-state index in [0.717, 1.165) is 49.3 Å². The standard InChI is InChI=1S/C26H27FN2O/c27-23-12-9-20(10-13-23)11-14-26(30)29-17-15-22(16-18-29)25-8-4-7-24(28-25)19-21-5-2-1-3-6-21/h1-10,12-13,22H,11,14-19H2. The molecule has 154 valence electrons. The summed E-state index contributed by atoms with van der Waals surface area (Å²) in [5.74, 6) is 0.346. The number of carbonyl (C=O) groups is 1. The Labute approximate surface area is 177 Å². The molecule has 4 heteroatoms. The average molecular weight is 403 g/mol. The third-order valence-electron chi connectivity index (χ3n) is 5.86. The van der Waals surface area contributed by atoms with Gasteiger partial charge in [0.05, 0.1) is 0 Å². The van der Waals surface area contributed by atoms with Crippen LogP contribution in [0.5, 0.6) is 0 Å². The predicted molar refractivity (Wildman–Crippen MR) is 117 cm³/mol. The lowest BCUT2D eigenvalue weighted by molar-refractivity contribution is -0.132. The van der Waals surface area contributed by atoms with Crippen LogP contribution in [0.15, 0.2) is 72.8 Å². The van der Waals surface area contributed by atoms with E-state index in [1.165, 1.54) is 17.7 Å². The monoisotopic (exact) mass is 402 g/mol. The van der Waals surface area contributed by atoms with Crippen molar-refractivity contribution in [3.63, 3.8) is 0 Å². The minimum Gasteiger partial charge on any atom is -0.343 e. The molecule has 1 aromatic heterocycles. The van der Waals surface area contributed by atoms with Crippen molar-refractivity contribution >= 4 is 5.91 Å². The molecule has 0 unspecified atom stereocenters. The number of carbonyl (C=O) groups excluding carboxylic acids is 1. The summed E-state index contributed by atoms with van der Waals surface area (Å²) in [6, 6.07) is 23.1. The summed E-state index contributed by atoms with van der Waals surface area (Å²) < 4.78 is 13.0. The van der Waals surface area contributed by atoms with Crippen LogP contribution < -0.4 is 0 Å². The van der Waals surface area contributed by atoms with Gasteiger partial charge in [-0.25, -0.2) is 4.39 Å². The quantitative estimate of drug-likeness (QED) is 0.571. The van der Waals surface area contributed by atoms with Crippen LogP contribution in [0.2, 0.25) is 0 Å². The number of piperidine rings is 1. The molecule has 1 aliphatic rings. The topological polar surface area (TPSA) is 33.2 Å². The molecule has 1 fully saturated rings. The van der Waals surface area contributed by atoms with Crippen LogP contribution in [0, 0.1) is 5.82 Å². The van der Waals surface area contributed by atoms with Gasteiger partial charge in [-0.05, 0) is 54.7 Å². The van der Waals surface area contributed by atoms with Crippen molar-refractivity contribution in [2.24, 2.45) is 0 Å². The summed E-state index contributed by atoms with van der Waals surface area (Å²) in [4.78, 5) is 19.5. The molecular weight excluding hydrogens is 375 g/mol. The van der Waals surface area contributed by atoms with Crippen LogP contribution >= 0.6 is 0 Å². The number of halogens is 1. The van der Waals surface area contributed by atoms with E-state index in [0.29, 0.717) is 18.8 Å². The summed E-state index contributed by atoms with van der Waals surface area (Å²) in [5.41, 5.74) is 4.50. The molecule has 0 bridgehead atoms. The Hall–Kier alpha value is -3.01. The van der Waals surface area contributed by atoms with E-state index in [2.05, 4.69) is 42.5 Å². The largest absolute Gasteiger partial charge is 0.343 e. The maximum Gasteiger partial charge on any atom is 0.222 e. The maximum absolute atomic E-state index is 13.0. The zero-order valence-corrected chi connectivity index (χ0v) is 17.1. The van der Waals surface area contributed by atoms with Crippen LogP contribution in [0.3, 0.4) is 0 Å². The van der Waals surface area contributed by atoms with Crippen molar-refractivity contribution < 1.29 is 9.18 Å². The Morgan fingerprint density at radius 3 is 2.37 bits per heavy atom. The van der Waals surface area contributed by atoms with Crippen LogP contribution in [0.1, 0.15) is 47.7 Å². The van der Waals surface area contributed by atoms with Gasteiger partial charge in [0.25, 0.3) is 0 Å². The second-order valence-electron chi connectivity index (χ2n) is 8.00. The van der Waals surface area contributed by atoms with Gasteiger partial charge in [-0.15, -0.1) is 0 Å². The van der Waals surface area contributed by atoms with E-state index in [-0.39, 0.29) is 11.7 Å². The zero-order valence-electron chi connectivity index (χ0n) is 17.1. The highest BCUT2D eigenvalue weighted by atomic mass is 19.1. The van der Waals surface area contributed by atoms with Crippen molar-refractivity contribution in [3.8, 4) is 0 Å². The highest BCUT2D eigenvalue weighted by Gasteiger charge is 2.24. The number of rotatable bonds is 6. The van der Waals surface area contributed by atoms with Gasteiger partial charge in [-0.3, -0.25) is 9.78 Å². The lowest BCUT2D eigenvalue weighted by Gasteiger charge is -2.32. The Morgan fingerprint density at radius 2 is 1.63 bits per heavy atom. The second-order valence-corrected chi connectivity index (χ2v) is 8.00. The van der Waals surface area contributed by atoms with Gasteiger partial charge in [-0.1, -0.05) is 48.5 Å². The Bertz CT molecular complexity index is 964. The summed E-state index contributed by atoms with van der Waals surface area (Å²) in [7, 11) is 0. The smallest absolute Gasteiger partial charge is 0.222 e. The zero-order chi connectivity index (χ0) is 20.8. The first-order valence-electron chi connectivity index (χ1n) is 10.7. The first-order chi connectivity index (χ1) is 14.7. The number of hydrogen-bond acceptors (Lipinski definition) is 2. The van der Waals surface area contributed by atoms with E-state index in [1.807, 2.05) is 11.0 Å². The molecule has 0 spiro atoms. The molecule has 3 nitrogen and oxygen atoms in total. The van der Waals surface area contributed by atoms with Gasteiger partial charge in [0.1, 0.15) is 5.82 Å². The van der Waals surface area contributed by atoms with E-state index in [9.17, 15) is 9.18 Å². The van der Waals surface area contributed by atoms with Gasteiger partial charge < -0.3 is 4.90 Å². The van der Waals surface area contributed by atoms with Crippen molar-refractivity contribution in [2.45, 2.75) is 38.0 Å². The maximum atomic E-state index is 13.0. The van der Waals surface area contributed by atoms with Gasteiger partial charge >= 0.3 is 0 Å². The number of benzene rings is 2. The Morgan fingerprint density at radius 1 is 0.900 bits per heavy atom. The van der Waals surface area contributed by atoms with Gasteiger partial charge in [-0.2, -0.15) is 0 Å². The lowest BCUT2D eigenvalue weighted by atomic mass is 9.92. The Kier molecular flexibility index (Phi) is 6.53. The summed E-state index contributed by atoms with van der Waals surface area (Å²) in [6.07, 6.45) is 3.87. The van der Waals surface area contributed by atoms with Crippen molar-refractivity contribution in [2.75, 3.05) is 13.1 Å². The molecule has 0 aliphatic carbocycles. The first-order valence-corrected chi connectivity index (χ1v) is 10.7. The van der Waals surface area contributed by atoms with Crippen LogP contribution in [-0.2, 0) is 17.6 Å². The van der Waals surface area contributed by atoms with Crippen molar-refractivity contribution in [3.05, 3.63) is 101 Å². The number of aryl methyl sites for hydroxylation is 1. The molecule has 30 heavy (non-hydrogen) atoms. The van der Waals surface area contributed by atoms with Gasteiger partial charge in [0.15, 0.2) is 0 Å². The third-order valence-corrected chi connectivity index (χ3v) is 5.86. The van der Waals surface area contributed by atoms with E-state index < -0.39 is 0 Å². The summed E-state index contributed by atoms with van der Waals surface area (Å²) >= 11 is 0. The molecule has 2 heterocycles. The second kappa shape index (κ2) is 9.66. The normalized spacial score (nSPS) is 14.6. The van der Waals surface area contributed by atoms with Gasteiger partial charge in [0.2, 0.25) is 5.91 Å². The SMILES string of the molecule is O=C(CCc1ccc(F)cc1)N1CCC(c2cccc(Cc3ccccc3)n2)CC1. The molecule has 0 atom stereocenters. The molecule has 3 aromatic rings. The average Bonchev–Trinajstić information content (AvgIpc) is 2.79.